The molecule has 0 saturated carbocycles. The Morgan fingerprint density at radius 2 is 1.72 bits per heavy atom. The van der Waals surface area contributed by atoms with Gasteiger partial charge in [-0.2, -0.15) is 5.10 Å². The van der Waals surface area contributed by atoms with Crippen LogP contribution in [0.3, 0.4) is 0 Å². The van der Waals surface area contributed by atoms with Crippen molar-refractivity contribution in [3.05, 3.63) is 75.5 Å². The summed E-state index contributed by atoms with van der Waals surface area (Å²) in [5.41, 5.74) is 1.59. The molecule has 3 aromatic rings. The van der Waals surface area contributed by atoms with Crippen LogP contribution in [0.15, 0.2) is 58.7 Å². The number of hydrogen-bond donors (Lipinski definition) is 1. The van der Waals surface area contributed by atoms with E-state index in [1.54, 1.807) is 25.3 Å². The third-order valence-corrected chi connectivity index (χ3v) is 11.4. The van der Waals surface area contributed by atoms with Crippen molar-refractivity contribution in [2.75, 3.05) is 0 Å². The van der Waals surface area contributed by atoms with E-state index in [-0.39, 0.29) is 11.6 Å². The number of H-pyrrole nitrogens is 1. The highest BCUT2D eigenvalue weighted by Gasteiger charge is 2.56. The molecule has 2 atom stereocenters. The molecular weight excluding hydrogens is 515 g/mol. The molecule has 0 radical (unpaired) electrons. The minimum atomic E-state index is -4.17. The molecule has 0 bridgehead atoms. The van der Waals surface area contributed by atoms with Gasteiger partial charge in [-0.3, -0.25) is 9.48 Å². The third-order valence-electron chi connectivity index (χ3n) is 8.92. The molecule has 3 aromatic heterocycles. The topological polar surface area (TPSA) is 108 Å². The van der Waals surface area contributed by atoms with E-state index in [1.807, 2.05) is 72.2 Å². The summed E-state index contributed by atoms with van der Waals surface area (Å²) in [6, 6.07) is 3.44. The highest BCUT2D eigenvalue weighted by molar-refractivity contribution is 7.91. The summed E-state index contributed by atoms with van der Waals surface area (Å²) < 4.78 is 43.6. The monoisotopic (exact) mass is 552 g/mol. The van der Waals surface area contributed by atoms with Gasteiger partial charge in [0.25, 0.3) is 5.56 Å². The SMILES string of the molecule is CC1=CC(B2OC(C)(C)C(C)(C)O2)=CC(c2cnn(C(C)C)c2C)C1(C)S(=O)(=O)n1ccc2cc[nH]c(=O)c21. The molecule has 5 rings (SSSR count). The van der Waals surface area contributed by atoms with Crippen LogP contribution in [0.1, 0.15) is 78.6 Å². The molecule has 2 aliphatic rings. The van der Waals surface area contributed by atoms with E-state index in [9.17, 15) is 13.2 Å². The molecule has 0 aromatic carbocycles. The molecule has 9 nitrogen and oxygen atoms in total. The van der Waals surface area contributed by atoms with Crippen LogP contribution in [0.4, 0.5) is 0 Å². The van der Waals surface area contributed by atoms with Gasteiger partial charge in [0.15, 0.2) is 0 Å². The maximum Gasteiger partial charge on any atom is 0.494 e. The number of pyridine rings is 1. The maximum absolute atomic E-state index is 14.7. The lowest BCUT2D eigenvalue weighted by Gasteiger charge is -2.40. The number of aromatic amines is 1. The zero-order chi connectivity index (χ0) is 28.7. The second-order valence-corrected chi connectivity index (χ2v) is 14.3. The molecule has 208 valence electrons. The molecule has 1 saturated heterocycles. The molecule has 39 heavy (non-hydrogen) atoms. The van der Waals surface area contributed by atoms with E-state index in [2.05, 4.69) is 10.1 Å². The van der Waals surface area contributed by atoms with Crippen LogP contribution >= 0.6 is 0 Å². The van der Waals surface area contributed by atoms with Crippen molar-refractivity contribution < 1.29 is 17.7 Å². The van der Waals surface area contributed by atoms with Crippen LogP contribution in [0.2, 0.25) is 0 Å². The predicted octanol–water partition coefficient (Wildman–Crippen LogP) is 4.65. The number of hydrogen-bond acceptors (Lipinski definition) is 6. The third kappa shape index (κ3) is 3.92. The van der Waals surface area contributed by atoms with E-state index in [1.165, 1.54) is 12.4 Å². The Morgan fingerprint density at radius 3 is 2.31 bits per heavy atom. The molecule has 11 heteroatoms. The number of nitrogens with one attached hydrogen (secondary N) is 1. The Labute approximate surface area is 230 Å². The number of allylic oxidation sites excluding steroid dienone is 3. The molecule has 1 fully saturated rings. The Bertz CT molecular complexity index is 1680. The van der Waals surface area contributed by atoms with Gasteiger partial charge in [0.2, 0.25) is 10.0 Å². The normalized spacial score (nSPS) is 24.9. The van der Waals surface area contributed by atoms with Crippen LogP contribution in [-0.4, -0.2) is 50.2 Å². The van der Waals surface area contributed by atoms with Gasteiger partial charge >= 0.3 is 7.12 Å². The van der Waals surface area contributed by atoms with Gasteiger partial charge in [-0.1, -0.05) is 17.7 Å². The van der Waals surface area contributed by atoms with Crippen molar-refractivity contribution in [1.82, 2.24) is 18.7 Å². The maximum atomic E-state index is 14.7. The fourth-order valence-electron chi connectivity index (χ4n) is 5.65. The highest BCUT2D eigenvalue weighted by Crippen LogP contribution is 2.49. The minimum absolute atomic E-state index is 0.0975. The molecule has 0 amide bonds. The van der Waals surface area contributed by atoms with Crippen LogP contribution in [0.5, 0.6) is 0 Å². The van der Waals surface area contributed by atoms with Gasteiger partial charge in [-0.05, 0) is 79.9 Å². The second kappa shape index (κ2) is 8.81. The Balaban J connectivity index is 1.73. The summed E-state index contributed by atoms with van der Waals surface area (Å²) in [6.45, 7) is 17.5. The average molecular weight is 553 g/mol. The predicted molar refractivity (Wildman–Crippen MR) is 153 cm³/mol. The lowest BCUT2D eigenvalue weighted by Crippen LogP contribution is -2.47. The van der Waals surface area contributed by atoms with Crippen molar-refractivity contribution in [3.63, 3.8) is 0 Å². The van der Waals surface area contributed by atoms with Gasteiger partial charge in [-0.15, -0.1) is 0 Å². The van der Waals surface area contributed by atoms with E-state index < -0.39 is 44.6 Å². The summed E-state index contributed by atoms with van der Waals surface area (Å²) in [4.78, 5) is 15.4. The van der Waals surface area contributed by atoms with Crippen LogP contribution in [-0.2, 0) is 19.3 Å². The average Bonchev–Trinajstić information content (AvgIpc) is 3.50. The number of fused-ring (bicyclic) bond motifs is 1. The van der Waals surface area contributed by atoms with Gasteiger partial charge in [0, 0.05) is 41.0 Å². The van der Waals surface area contributed by atoms with Crippen molar-refractivity contribution >= 4 is 28.0 Å². The fourth-order valence-corrected chi connectivity index (χ4v) is 7.69. The first-order chi connectivity index (χ1) is 18.0. The van der Waals surface area contributed by atoms with Gasteiger partial charge < -0.3 is 14.3 Å². The summed E-state index contributed by atoms with van der Waals surface area (Å²) in [5, 5.41) is 5.16. The van der Waals surface area contributed by atoms with E-state index >= 15 is 0 Å². The zero-order valence-electron chi connectivity index (χ0n) is 24.1. The minimum Gasteiger partial charge on any atom is -0.399 e. The van der Waals surface area contributed by atoms with Gasteiger partial charge in [0.05, 0.1) is 17.4 Å². The fraction of sp³-hybridized carbons (Fsp3) is 0.500. The van der Waals surface area contributed by atoms with Crippen molar-refractivity contribution in [2.24, 2.45) is 0 Å². The zero-order valence-corrected chi connectivity index (χ0v) is 24.9. The van der Waals surface area contributed by atoms with E-state index in [0.29, 0.717) is 11.0 Å². The Hall–Kier alpha value is -2.89. The highest BCUT2D eigenvalue weighted by atomic mass is 32.2. The van der Waals surface area contributed by atoms with Crippen LogP contribution < -0.4 is 5.56 Å². The first-order valence-corrected chi connectivity index (χ1v) is 14.7. The molecule has 2 unspecified atom stereocenters. The summed E-state index contributed by atoms with van der Waals surface area (Å²) >= 11 is 0. The molecule has 1 aliphatic carbocycles. The van der Waals surface area contributed by atoms with Gasteiger partial charge in [0.1, 0.15) is 10.3 Å². The number of nitrogens with zero attached hydrogens (tertiary/aromatic N) is 3. The lowest BCUT2D eigenvalue weighted by molar-refractivity contribution is 0.00578. The Kier molecular flexibility index (Phi) is 6.25. The lowest BCUT2D eigenvalue weighted by atomic mass is 9.67. The van der Waals surface area contributed by atoms with Crippen molar-refractivity contribution in [1.29, 1.82) is 0 Å². The summed E-state index contributed by atoms with van der Waals surface area (Å²) in [6.07, 6.45) is 8.53. The molecule has 1 N–H and O–H groups in total. The Morgan fingerprint density at radius 1 is 1.08 bits per heavy atom. The van der Waals surface area contributed by atoms with Crippen LogP contribution in [0.25, 0.3) is 10.9 Å². The molecule has 1 aliphatic heterocycles. The standard InChI is InChI=1S/C28H37BN4O5S/c1-17(2)33-19(4)22(16-31-33)23-15-21(29-37-26(5,6)27(7,8)38-29)14-18(3)28(23,9)39(35,36)32-13-11-20-10-12-30-25(34)24(20)32/h10-17,23H,1-9H3,(H,30,34). The van der Waals surface area contributed by atoms with E-state index in [0.717, 1.165) is 20.7 Å². The largest absolute Gasteiger partial charge is 0.494 e. The smallest absolute Gasteiger partial charge is 0.399 e. The quantitative estimate of drug-likeness (QED) is 0.462. The van der Waals surface area contributed by atoms with Crippen LogP contribution in [0, 0.1) is 6.92 Å². The second-order valence-electron chi connectivity index (χ2n) is 12.1. The van der Waals surface area contributed by atoms with Crippen molar-refractivity contribution in [2.45, 2.75) is 90.2 Å². The molecular formula is C28H37BN4O5S. The number of rotatable bonds is 5. The first-order valence-electron chi connectivity index (χ1n) is 13.3. The molecule has 4 heterocycles. The number of aromatic nitrogens is 4. The summed E-state index contributed by atoms with van der Waals surface area (Å²) in [7, 11) is -4.83. The van der Waals surface area contributed by atoms with Gasteiger partial charge in [-0.25, -0.2) is 12.4 Å². The summed E-state index contributed by atoms with van der Waals surface area (Å²) in [5.74, 6) is -0.630. The van der Waals surface area contributed by atoms with Crippen molar-refractivity contribution in [3.8, 4) is 0 Å². The first kappa shape index (κ1) is 27.7. The van der Waals surface area contributed by atoms with E-state index in [4.69, 9.17) is 9.31 Å². The molecule has 0 spiro atoms.